The highest BCUT2D eigenvalue weighted by molar-refractivity contribution is 5.84. The Labute approximate surface area is 153 Å². The molecule has 0 bridgehead atoms. The zero-order chi connectivity index (χ0) is 18.1. The number of imidazole rings is 1. The summed E-state index contributed by atoms with van der Waals surface area (Å²) in [6.07, 6.45) is 7.17. The zero-order valence-electron chi connectivity index (χ0n) is 15.2. The first-order chi connectivity index (χ1) is 12.6. The first kappa shape index (κ1) is 16.9. The largest absolute Gasteiger partial charge is 0.454 e. The minimum atomic E-state index is -0.603. The SMILES string of the molecule is CN(C)C(=O)C1(n2ccnc2)CCCN(Cc2ccc3c(c2)OCO3)C1. The Balaban J connectivity index is 1.58. The number of likely N-dealkylation sites (N-methyl/N-ethyl adjacent to an activating group) is 1. The van der Waals surface area contributed by atoms with Crippen LogP contribution in [0.4, 0.5) is 0 Å². The molecule has 2 aliphatic heterocycles. The van der Waals surface area contributed by atoms with Gasteiger partial charge < -0.3 is 18.9 Å². The predicted octanol–water partition coefficient (Wildman–Crippen LogP) is 1.69. The molecule has 1 aromatic carbocycles. The van der Waals surface area contributed by atoms with Gasteiger partial charge in [-0.1, -0.05) is 6.07 Å². The number of aromatic nitrogens is 2. The molecule has 2 aliphatic rings. The van der Waals surface area contributed by atoms with E-state index in [1.165, 1.54) is 0 Å². The predicted molar refractivity (Wildman–Crippen MR) is 96.0 cm³/mol. The van der Waals surface area contributed by atoms with Crippen molar-refractivity contribution in [2.45, 2.75) is 24.9 Å². The first-order valence-corrected chi connectivity index (χ1v) is 8.89. The van der Waals surface area contributed by atoms with E-state index in [4.69, 9.17) is 9.47 Å². The molecule has 1 fully saturated rings. The summed E-state index contributed by atoms with van der Waals surface area (Å²) in [6, 6.07) is 6.05. The molecular weight excluding hydrogens is 332 g/mol. The number of piperidine rings is 1. The Bertz CT molecular complexity index is 790. The number of carbonyl (C=O) groups is 1. The van der Waals surface area contributed by atoms with Crippen LogP contribution in [0.3, 0.4) is 0 Å². The maximum Gasteiger partial charge on any atom is 0.249 e. The lowest BCUT2D eigenvalue weighted by Crippen LogP contribution is -2.57. The summed E-state index contributed by atoms with van der Waals surface area (Å²) in [5, 5.41) is 0. The fourth-order valence-corrected chi connectivity index (χ4v) is 3.98. The van der Waals surface area contributed by atoms with Gasteiger partial charge in [0.15, 0.2) is 11.5 Å². The molecule has 0 aliphatic carbocycles. The van der Waals surface area contributed by atoms with Crippen molar-refractivity contribution in [3.8, 4) is 11.5 Å². The molecule has 7 heteroatoms. The zero-order valence-corrected chi connectivity index (χ0v) is 15.2. The van der Waals surface area contributed by atoms with Crippen molar-refractivity contribution in [3.05, 3.63) is 42.5 Å². The number of rotatable bonds is 4. The van der Waals surface area contributed by atoms with E-state index in [0.717, 1.165) is 43.0 Å². The molecule has 4 rings (SSSR count). The third-order valence-corrected chi connectivity index (χ3v) is 5.20. The second-order valence-electron chi connectivity index (χ2n) is 7.20. The monoisotopic (exact) mass is 356 g/mol. The van der Waals surface area contributed by atoms with E-state index in [1.54, 1.807) is 17.4 Å². The maximum absolute atomic E-state index is 13.1. The van der Waals surface area contributed by atoms with Crippen molar-refractivity contribution < 1.29 is 14.3 Å². The Hall–Kier alpha value is -2.54. The Morgan fingerprint density at radius 1 is 1.31 bits per heavy atom. The van der Waals surface area contributed by atoms with Crippen molar-refractivity contribution in [1.29, 1.82) is 0 Å². The molecule has 2 aromatic rings. The highest BCUT2D eigenvalue weighted by Crippen LogP contribution is 2.35. The maximum atomic E-state index is 13.1. The summed E-state index contributed by atoms with van der Waals surface area (Å²) >= 11 is 0. The van der Waals surface area contributed by atoms with Gasteiger partial charge in [0.1, 0.15) is 5.54 Å². The normalized spacial score (nSPS) is 22.4. The van der Waals surface area contributed by atoms with Crippen LogP contribution in [-0.4, -0.2) is 59.2 Å². The van der Waals surface area contributed by atoms with E-state index in [0.29, 0.717) is 6.54 Å². The minimum absolute atomic E-state index is 0.117. The molecule has 0 saturated carbocycles. The molecule has 0 radical (unpaired) electrons. The van der Waals surface area contributed by atoms with Crippen molar-refractivity contribution in [3.63, 3.8) is 0 Å². The molecular formula is C19H24N4O3. The van der Waals surface area contributed by atoms with Gasteiger partial charge in [-0.15, -0.1) is 0 Å². The highest BCUT2D eigenvalue weighted by atomic mass is 16.7. The van der Waals surface area contributed by atoms with Crippen LogP contribution in [0.15, 0.2) is 36.9 Å². The van der Waals surface area contributed by atoms with Crippen molar-refractivity contribution >= 4 is 5.91 Å². The molecule has 1 unspecified atom stereocenters. The second kappa shape index (κ2) is 6.64. The van der Waals surface area contributed by atoms with Gasteiger partial charge in [0.05, 0.1) is 6.33 Å². The lowest BCUT2D eigenvalue weighted by Gasteiger charge is -2.43. The van der Waals surface area contributed by atoms with E-state index in [-0.39, 0.29) is 12.7 Å². The molecule has 138 valence electrons. The summed E-state index contributed by atoms with van der Waals surface area (Å²) in [6.45, 7) is 2.68. The van der Waals surface area contributed by atoms with Gasteiger partial charge in [0.2, 0.25) is 12.7 Å². The summed E-state index contributed by atoms with van der Waals surface area (Å²) in [5.41, 5.74) is 0.558. The van der Waals surface area contributed by atoms with Crippen LogP contribution in [0.2, 0.25) is 0 Å². The first-order valence-electron chi connectivity index (χ1n) is 8.89. The second-order valence-corrected chi connectivity index (χ2v) is 7.20. The molecule has 1 atom stereocenters. The smallest absolute Gasteiger partial charge is 0.249 e. The average Bonchev–Trinajstić information content (AvgIpc) is 3.32. The summed E-state index contributed by atoms with van der Waals surface area (Å²) < 4.78 is 12.8. The number of likely N-dealkylation sites (tertiary alicyclic amines) is 1. The van der Waals surface area contributed by atoms with Crippen LogP contribution in [0.25, 0.3) is 0 Å². The number of amides is 1. The van der Waals surface area contributed by atoms with Crippen LogP contribution in [-0.2, 0) is 16.9 Å². The van der Waals surface area contributed by atoms with E-state index >= 15 is 0 Å². The lowest BCUT2D eigenvalue weighted by atomic mass is 9.87. The molecule has 0 spiro atoms. The van der Waals surface area contributed by atoms with Gasteiger partial charge in [0.25, 0.3) is 0 Å². The van der Waals surface area contributed by atoms with Gasteiger partial charge in [-0.25, -0.2) is 4.98 Å². The number of nitrogens with zero attached hydrogens (tertiary/aromatic N) is 4. The number of benzene rings is 1. The minimum Gasteiger partial charge on any atom is -0.454 e. The van der Waals surface area contributed by atoms with E-state index in [1.807, 2.05) is 37.0 Å². The summed E-state index contributed by atoms with van der Waals surface area (Å²) in [7, 11) is 3.63. The van der Waals surface area contributed by atoms with E-state index in [2.05, 4.69) is 16.0 Å². The molecule has 1 saturated heterocycles. The van der Waals surface area contributed by atoms with Crippen molar-refractivity contribution in [2.24, 2.45) is 0 Å². The summed E-state index contributed by atoms with van der Waals surface area (Å²) in [5.74, 6) is 1.71. The third-order valence-electron chi connectivity index (χ3n) is 5.20. The summed E-state index contributed by atoms with van der Waals surface area (Å²) in [4.78, 5) is 21.3. The Kier molecular flexibility index (Phi) is 4.32. The Morgan fingerprint density at radius 3 is 2.92 bits per heavy atom. The van der Waals surface area contributed by atoms with E-state index < -0.39 is 5.54 Å². The molecule has 7 nitrogen and oxygen atoms in total. The lowest BCUT2D eigenvalue weighted by molar-refractivity contribution is -0.141. The number of ether oxygens (including phenoxy) is 2. The molecule has 1 aromatic heterocycles. The van der Waals surface area contributed by atoms with Crippen LogP contribution in [0.5, 0.6) is 11.5 Å². The number of carbonyl (C=O) groups excluding carboxylic acids is 1. The van der Waals surface area contributed by atoms with Gasteiger partial charge >= 0.3 is 0 Å². The Morgan fingerprint density at radius 2 is 2.15 bits per heavy atom. The van der Waals surface area contributed by atoms with Gasteiger partial charge in [0, 0.05) is 39.6 Å². The fourth-order valence-electron chi connectivity index (χ4n) is 3.98. The quantitative estimate of drug-likeness (QED) is 0.834. The number of hydrogen-bond donors (Lipinski definition) is 0. The van der Waals surface area contributed by atoms with Crippen LogP contribution < -0.4 is 9.47 Å². The molecule has 0 N–H and O–H groups in total. The highest BCUT2D eigenvalue weighted by Gasteiger charge is 2.44. The molecule has 26 heavy (non-hydrogen) atoms. The van der Waals surface area contributed by atoms with Crippen LogP contribution >= 0.6 is 0 Å². The fraction of sp³-hybridized carbons (Fsp3) is 0.474. The third kappa shape index (κ3) is 2.92. The van der Waals surface area contributed by atoms with Crippen LogP contribution in [0.1, 0.15) is 18.4 Å². The molecule has 3 heterocycles. The van der Waals surface area contributed by atoms with E-state index in [9.17, 15) is 4.79 Å². The standard InChI is InChI=1S/C19H24N4O3/c1-21(2)18(24)19(23-9-7-20-13-23)6-3-8-22(12-19)11-15-4-5-16-17(10-15)26-14-25-16/h4-5,7,9-10,13H,3,6,8,11-12,14H2,1-2H3. The number of hydrogen-bond acceptors (Lipinski definition) is 5. The topological polar surface area (TPSA) is 59.8 Å². The number of fused-ring (bicyclic) bond motifs is 1. The molecule has 1 amide bonds. The van der Waals surface area contributed by atoms with Crippen molar-refractivity contribution in [2.75, 3.05) is 34.0 Å². The average molecular weight is 356 g/mol. The van der Waals surface area contributed by atoms with Crippen LogP contribution in [0, 0.1) is 0 Å². The van der Waals surface area contributed by atoms with Gasteiger partial charge in [-0.2, -0.15) is 0 Å². The van der Waals surface area contributed by atoms with Crippen molar-refractivity contribution in [1.82, 2.24) is 19.4 Å². The van der Waals surface area contributed by atoms with Gasteiger partial charge in [-0.3, -0.25) is 9.69 Å². The van der Waals surface area contributed by atoms with Gasteiger partial charge in [-0.05, 0) is 37.1 Å².